The summed E-state index contributed by atoms with van der Waals surface area (Å²) in [5.41, 5.74) is 0. The van der Waals surface area contributed by atoms with Crippen molar-refractivity contribution in [1.29, 1.82) is 5.26 Å². The first-order chi connectivity index (χ1) is 11.1. The molecule has 1 aromatic rings. The Labute approximate surface area is 135 Å². The topological polar surface area (TPSA) is 123 Å². The summed E-state index contributed by atoms with van der Waals surface area (Å²) in [5, 5.41) is 22.5. The molecule has 1 heterocycles. The van der Waals surface area contributed by atoms with E-state index in [1.807, 2.05) is 6.07 Å². The van der Waals surface area contributed by atoms with E-state index in [-0.39, 0.29) is 24.2 Å². The van der Waals surface area contributed by atoms with Crippen molar-refractivity contribution in [1.82, 2.24) is 25.5 Å². The van der Waals surface area contributed by atoms with E-state index in [0.29, 0.717) is 44.8 Å². The largest absolute Gasteiger partial charge is 0.466 e. The standard InChI is InChI=1S/C14H22N6O3/c1-3-23-14(22)11(2)7-9-16-13(21)6-5-12-17-18-19-20(12)10-4-8-15/h11H,3-7,9-10H2,1-2H3,(H,16,21)/t11-/m1/s1. The monoisotopic (exact) mass is 322 g/mol. The predicted molar refractivity (Wildman–Crippen MR) is 79.8 cm³/mol. The average molecular weight is 322 g/mol. The first-order valence-corrected chi connectivity index (χ1v) is 7.63. The Hall–Kier alpha value is -2.50. The summed E-state index contributed by atoms with van der Waals surface area (Å²) in [6, 6.07) is 2.02. The molecule has 9 heteroatoms. The van der Waals surface area contributed by atoms with Gasteiger partial charge in [0.1, 0.15) is 0 Å². The van der Waals surface area contributed by atoms with Crippen LogP contribution < -0.4 is 5.32 Å². The number of nitriles is 1. The Morgan fingerprint density at radius 1 is 1.48 bits per heavy atom. The SMILES string of the molecule is CCOC(=O)[C@H](C)CCNC(=O)CCc1nnnn1CCC#N. The molecule has 0 aromatic carbocycles. The van der Waals surface area contributed by atoms with Crippen molar-refractivity contribution in [2.75, 3.05) is 13.2 Å². The maximum absolute atomic E-state index is 11.8. The van der Waals surface area contributed by atoms with Crippen molar-refractivity contribution in [2.45, 2.75) is 46.1 Å². The lowest BCUT2D eigenvalue weighted by Crippen LogP contribution is -2.28. The Balaban J connectivity index is 2.26. The van der Waals surface area contributed by atoms with Gasteiger partial charge in [0.15, 0.2) is 5.82 Å². The fourth-order valence-electron chi connectivity index (χ4n) is 1.88. The minimum Gasteiger partial charge on any atom is -0.466 e. The Morgan fingerprint density at radius 2 is 2.26 bits per heavy atom. The zero-order valence-electron chi connectivity index (χ0n) is 13.5. The van der Waals surface area contributed by atoms with Crippen molar-refractivity contribution >= 4 is 11.9 Å². The number of aryl methyl sites for hydroxylation is 2. The van der Waals surface area contributed by atoms with E-state index < -0.39 is 0 Å². The number of nitrogens with one attached hydrogen (secondary N) is 1. The van der Waals surface area contributed by atoms with Gasteiger partial charge < -0.3 is 10.1 Å². The zero-order valence-corrected chi connectivity index (χ0v) is 13.5. The lowest BCUT2D eigenvalue weighted by molar-refractivity contribution is -0.147. The summed E-state index contributed by atoms with van der Waals surface area (Å²) in [6.45, 7) is 4.72. The van der Waals surface area contributed by atoms with Crippen LogP contribution in [0.2, 0.25) is 0 Å². The van der Waals surface area contributed by atoms with E-state index in [4.69, 9.17) is 10.00 Å². The van der Waals surface area contributed by atoms with Crippen LogP contribution in [0.3, 0.4) is 0 Å². The normalized spacial score (nSPS) is 11.5. The molecule has 1 rings (SSSR count). The van der Waals surface area contributed by atoms with Crippen molar-refractivity contribution in [3.63, 3.8) is 0 Å². The van der Waals surface area contributed by atoms with Gasteiger partial charge in [0, 0.05) is 19.4 Å². The maximum atomic E-state index is 11.8. The molecule has 0 saturated heterocycles. The summed E-state index contributed by atoms with van der Waals surface area (Å²) in [4.78, 5) is 23.2. The van der Waals surface area contributed by atoms with Crippen LogP contribution in [0.1, 0.15) is 38.9 Å². The van der Waals surface area contributed by atoms with Gasteiger partial charge in [-0.2, -0.15) is 5.26 Å². The van der Waals surface area contributed by atoms with Crippen LogP contribution in [-0.4, -0.2) is 45.2 Å². The van der Waals surface area contributed by atoms with E-state index >= 15 is 0 Å². The highest BCUT2D eigenvalue weighted by atomic mass is 16.5. The Morgan fingerprint density at radius 3 is 2.96 bits per heavy atom. The van der Waals surface area contributed by atoms with Crippen LogP contribution in [0.25, 0.3) is 0 Å². The van der Waals surface area contributed by atoms with Crippen LogP contribution >= 0.6 is 0 Å². The summed E-state index contributed by atoms with van der Waals surface area (Å²) >= 11 is 0. The van der Waals surface area contributed by atoms with Gasteiger partial charge in [-0.3, -0.25) is 9.59 Å². The summed E-state index contributed by atoms with van der Waals surface area (Å²) in [5.74, 6) is -0.0434. The number of aromatic nitrogens is 4. The molecule has 1 aromatic heterocycles. The lowest BCUT2D eigenvalue weighted by Gasteiger charge is -2.11. The average Bonchev–Trinajstić information content (AvgIpc) is 2.98. The molecule has 1 amide bonds. The molecule has 0 aliphatic carbocycles. The van der Waals surface area contributed by atoms with Crippen LogP contribution in [0.15, 0.2) is 0 Å². The van der Waals surface area contributed by atoms with Crippen molar-refractivity contribution < 1.29 is 14.3 Å². The number of carbonyl (C=O) groups excluding carboxylic acids is 2. The van der Waals surface area contributed by atoms with Gasteiger partial charge in [0.2, 0.25) is 5.91 Å². The number of hydrogen-bond acceptors (Lipinski definition) is 7. The van der Waals surface area contributed by atoms with Gasteiger partial charge >= 0.3 is 5.97 Å². The van der Waals surface area contributed by atoms with Gasteiger partial charge in [0.05, 0.1) is 31.6 Å². The molecule has 0 radical (unpaired) electrons. The first kappa shape index (κ1) is 18.5. The molecule has 0 spiro atoms. The van der Waals surface area contributed by atoms with E-state index in [1.165, 1.54) is 4.68 Å². The number of rotatable bonds is 10. The van der Waals surface area contributed by atoms with Crippen molar-refractivity contribution in [3.8, 4) is 6.07 Å². The lowest BCUT2D eigenvalue weighted by atomic mass is 10.1. The highest BCUT2D eigenvalue weighted by Crippen LogP contribution is 2.04. The van der Waals surface area contributed by atoms with Gasteiger partial charge in [-0.15, -0.1) is 5.10 Å². The van der Waals surface area contributed by atoms with Crippen molar-refractivity contribution in [3.05, 3.63) is 5.82 Å². The minimum atomic E-state index is -0.251. The van der Waals surface area contributed by atoms with E-state index in [0.717, 1.165) is 0 Å². The van der Waals surface area contributed by atoms with E-state index in [9.17, 15) is 9.59 Å². The highest BCUT2D eigenvalue weighted by Gasteiger charge is 2.14. The number of hydrogen-bond donors (Lipinski definition) is 1. The molecule has 23 heavy (non-hydrogen) atoms. The van der Waals surface area contributed by atoms with E-state index in [1.54, 1.807) is 13.8 Å². The Bertz CT molecular complexity index is 551. The second kappa shape index (κ2) is 10.3. The van der Waals surface area contributed by atoms with E-state index in [2.05, 4.69) is 20.8 Å². The second-order valence-corrected chi connectivity index (χ2v) is 5.02. The molecule has 0 aliphatic rings. The third kappa shape index (κ3) is 6.86. The fourth-order valence-corrected chi connectivity index (χ4v) is 1.88. The number of esters is 1. The number of nitrogens with zero attached hydrogens (tertiary/aromatic N) is 5. The molecule has 0 aliphatic heterocycles. The highest BCUT2D eigenvalue weighted by molar-refractivity contribution is 5.76. The van der Waals surface area contributed by atoms with Crippen molar-refractivity contribution in [2.24, 2.45) is 5.92 Å². The minimum absolute atomic E-state index is 0.129. The maximum Gasteiger partial charge on any atom is 0.308 e. The molecule has 1 atom stereocenters. The number of amides is 1. The van der Waals surface area contributed by atoms with Gasteiger partial charge in [-0.25, -0.2) is 4.68 Å². The number of tetrazole rings is 1. The second-order valence-electron chi connectivity index (χ2n) is 5.02. The summed E-state index contributed by atoms with van der Waals surface area (Å²) in [6.07, 6.45) is 1.50. The van der Waals surface area contributed by atoms with Crippen LogP contribution in [0, 0.1) is 17.2 Å². The smallest absolute Gasteiger partial charge is 0.308 e. The fraction of sp³-hybridized carbons (Fsp3) is 0.714. The molecular weight excluding hydrogens is 300 g/mol. The summed E-state index contributed by atoms with van der Waals surface area (Å²) < 4.78 is 6.43. The zero-order chi connectivity index (χ0) is 17.1. The Kier molecular flexibility index (Phi) is 8.28. The number of ether oxygens (including phenoxy) is 1. The molecule has 0 fully saturated rings. The third-order valence-corrected chi connectivity index (χ3v) is 3.21. The third-order valence-electron chi connectivity index (χ3n) is 3.21. The molecule has 0 bridgehead atoms. The molecule has 0 saturated carbocycles. The van der Waals surface area contributed by atoms with Crippen LogP contribution in [0.5, 0.6) is 0 Å². The molecule has 0 unspecified atom stereocenters. The van der Waals surface area contributed by atoms with Gasteiger partial charge in [0.25, 0.3) is 0 Å². The first-order valence-electron chi connectivity index (χ1n) is 7.63. The van der Waals surface area contributed by atoms with Crippen LogP contribution in [0.4, 0.5) is 0 Å². The summed E-state index contributed by atoms with van der Waals surface area (Å²) in [7, 11) is 0. The quantitative estimate of drug-likeness (QED) is 0.611. The van der Waals surface area contributed by atoms with Gasteiger partial charge in [-0.05, 0) is 23.8 Å². The molecule has 1 N–H and O–H groups in total. The predicted octanol–water partition coefficient (Wildman–Crippen LogP) is 0.225. The van der Waals surface area contributed by atoms with Gasteiger partial charge in [-0.1, -0.05) is 6.92 Å². The number of carbonyl (C=O) groups is 2. The molecule has 9 nitrogen and oxygen atoms in total. The van der Waals surface area contributed by atoms with Crippen LogP contribution in [-0.2, 0) is 27.3 Å². The molecule has 126 valence electrons. The molecular formula is C14H22N6O3.